The van der Waals surface area contributed by atoms with E-state index in [4.69, 9.17) is 9.97 Å². The topological polar surface area (TPSA) is 66.4 Å². The number of sulfonamides is 1. The van der Waals surface area contributed by atoms with Gasteiger partial charge in [-0.3, -0.25) is 0 Å². The molecule has 0 spiro atoms. The van der Waals surface area contributed by atoms with Crippen molar-refractivity contribution in [1.82, 2.24) is 14.3 Å². The summed E-state index contributed by atoms with van der Waals surface area (Å²) >= 11 is 0. The zero-order chi connectivity index (χ0) is 27.7. The van der Waals surface area contributed by atoms with Gasteiger partial charge in [0.25, 0.3) is 0 Å². The van der Waals surface area contributed by atoms with Crippen molar-refractivity contribution in [3.8, 4) is 11.4 Å². The number of piperazine rings is 1. The summed E-state index contributed by atoms with van der Waals surface area (Å²) in [5, 5.41) is 1.95. The predicted octanol–water partition coefficient (Wildman–Crippen LogP) is 6.02. The van der Waals surface area contributed by atoms with Crippen molar-refractivity contribution in [2.75, 3.05) is 31.1 Å². The average Bonchev–Trinajstić information content (AvgIpc) is 2.99. The van der Waals surface area contributed by atoms with Gasteiger partial charge in [0.2, 0.25) is 10.0 Å². The fourth-order valence-electron chi connectivity index (χ4n) is 5.30. The van der Waals surface area contributed by atoms with Crippen LogP contribution >= 0.6 is 0 Å². The third-order valence-corrected chi connectivity index (χ3v) is 9.52. The maximum atomic E-state index is 13.6. The number of nitrogens with zero attached hydrogens (tertiary/aromatic N) is 4. The molecule has 0 radical (unpaired) electrons. The lowest BCUT2D eigenvalue weighted by atomic mass is 10.0. The van der Waals surface area contributed by atoms with Gasteiger partial charge in [0.1, 0.15) is 5.82 Å². The van der Waals surface area contributed by atoms with E-state index in [0.717, 1.165) is 33.4 Å². The molecule has 7 heteroatoms. The van der Waals surface area contributed by atoms with Gasteiger partial charge in [0, 0.05) is 49.4 Å². The highest BCUT2D eigenvalue weighted by Gasteiger charge is 2.30. The number of benzene rings is 4. The van der Waals surface area contributed by atoms with E-state index in [-0.39, 0.29) is 0 Å². The van der Waals surface area contributed by atoms with E-state index >= 15 is 0 Å². The molecule has 1 aliphatic heterocycles. The quantitative estimate of drug-likeness (QED) is 0.260. The Morgan fingerprint density at radius 2 is 1.40 bits per heavy atom. The summed E-state index contributed by atoms with van der Waals surface area (Å²) in [7, 11) is -3.61. The Balaban J connectivity index is 1.30. The second kappa shape index (κ2) is 10.8. The van der Waals surface area contributed by atoms with Crippen molar-refractivity contribution in [3.05, 3.63) is 119 Å². The molecule has 0 aliphatic carbocycles. The van der Waals surface area contributed by atoms with E-state index in [1.807, 2.05) is 55.5 Å². The van der Waals surface area contributed by atoms with Crippen LogP contribution in [0.4, 0.5) is 5.82 Å². The number of fused-ring (bicyclic) bond motifs is 1. The van der Waals surface area contributed by atoms with Crippen molar-refractivity contribution in [1.29, 1.82) is 0 Å². The number of rotatable bonds is 6. The van der Waals surface area contributed by atoms with Crippen molar-refractivity contribution in [2.45, 2.75) is 25.2 Å². The Morgan fingerprint density at radius 1 is 0.725 bits per heavy atom. The van der Waals surface area contributed by atoms with Gasteiger partial charge in [-0.15, -0.1) is 0 Å². The van der Waals surface area contributed by atoms with Crippen molar-refractivity contribution >= 4 is 26.6 Å². The molecule has 0 saturated carbocycles. The highest BCUT2D eigenvalue weighted by atomic mass is 32.2. The lowest BCUT2D eigenvalue weighted by molar-refractivity contribution is 0.383. The number of hydrogen-bond donors (Lipinski definition) is 0. The van der Waals surface area contributed by atoms with Crippen LogP contribution in [-0.4, -0.2) is 48.9 Å². The molecule has 1 aromatic heterocycles. The van der Waals surface area contributed by atoms with Gasteiger partial charge in [-0.2, -0.15) is 4.31 Å². The van der Waals surface area contributed by atoms with Crippen LogP contribution in [0.3, 0.4) is 0 Å². The van der Waals surface area contributed by atoms with E-state index in [0.29, 0.717) is 43.3 Å². The van der Waals surface area contributed by atoms with Crippen LogP contribution in [0.25, 0.3) is 22.2 Å². The molecule has 2 heterocycles. The van der Waals surface area contributed by atoms with Crippen LogP contribution in [0, 0.1) is 13.8 Å². The van der Waals surface area contributed by atoms with Gasteiger partial charge < -0.3 is 4.90 Å². The molecule has 40 heavy (non-hydrogen) atoms. The van der Waals surface area contributed by atoms with Crippen molar-refractivity contribution in [2.24, 2.45) is 0 Å². The second-order valence-electron chi connectivity index (χ2n) is 10.4. The van der Waals surface area contributed by atoms with Crippen LogP contribution in [-0.2, 0) is 16.4 Å². The van der Waals surface area contributed by atoms with Crippen LogP contribution in [0.5, 0.6) is 0 Å². The number of aryl methyl sites for hydroxylation is 2. The SMILES string of the molecule is Cc1ccc(-c2nc(C)c(Cc3ccccc3)c(N3CCN(S(=O)(=O)c4ccc5ccccc5c4)CC3)n2)cc1. The first kappa shape index (κ1) is 26.2. The Kier molecular flexibility index (Phi) is 7.09. The molecule has 0 amide bonds. The number of aromatic nitrogens is 2. The minimum atomic E-state index is -3.61. The lowest BCUT2D eigenvalue weighted by Crippen LogP contribution is -2.49. The van der Waals surface area contributed by atoms with E-state index in [2.05, 4.69) is 48.2 Å². The third kappa shape index (κ3) is 5.22. The van der Waals surface area contributed by atoms with Gasteiger partial charge in [-0.05, 0) is 42.3 Å². The standard InChI is InChI=1S/C33H32N4O2S/c1-24-12-14-28(15-13-24)32-34-25(2)31(22-26-8-4-3-5-9-26)33(35-32)36-18-20-37(21-19-36)40(38,39)30-17-16-27-10-6-7-11-29(27)23-30/h3-17,23H,18-22H2,1-2H3. The summed E-state index contributed by atoms with van der Waals surface area (Å²) in [5.74, 6) is 1.57. The molecule has 5 aromatic rings. The molecular weight excluding hydrogens is 516 g/mol. The highest BCUT2D eigenvalue weighted by Crippen LogP contribution is 2.30. The fraction of sp³-hybridized carbons (Fsp3) is 0.212. The summed E-state index contributed by atoms with van der Waals surface area (Å²) in [6.07, 6.45) is 0.714. The average molecular weight is 549 g/mol. The monoisotopic (exact) mass is 548 g/mol. The molecule has 1 aliphatic rings. The van der Waals surface area contributed by atoms with Crippen molar-refractivity contribution < 1.29 is 8.42 Å². The third-order valence-electron chi connectivity index (χ3n) is 7.62. The van der Waals surface area contributed by atoms with E-state index in [1.54, 1.807) is 16.4 Å². The van der Waals surface area contributed by atoms with E-state index in [9.17, 15) is 8.42 Å². The summed E-state index contributed by atoms with van der Waals surface area (Å²) in [6, 6.07) is 31.8. The molecule has 0 N–H and O–H groups in total. The van der Waals surface area contributed by atoms with Crippen LogP contribution in [0.2, 0.25) is 0 Å². The maximum absolute atomic E-state index is 13.6. The molecule has 6 nitrogen and oxygen atoms in total. The Bertz CT molecular complexity index is 1760. The molecule has 0 bridgehead atoms. The number of anilines is 1. The number of hydrogen-bond acceptors (Lipinski definition) is 5. The predicted molar refractivity (Wildman–Crippen MR) is 161 cm³/mol. The summed E-state index contributed by atoms with van der Waals surface area (Å²) in [5.41, 5.74) is 5.36. The first-order valence-electron chi connectivity index (χ1n) is 13.6. The molecule has 202 valence electrons. The molecule has 4 aromatic carbocycles. The molecule has 6 rings (SSSR count). The highest BCUT2D eigenvalue weighted by molar-refractivity contribution is 7.89. The normalized spacial score (nSPS) is 14.5. The summed E-state index contributed by atoms with van der Waals surface area (Å²) in [4.78, 5) is 12.5. The molecule has 1 fully saturated rings. The van der Waals surface area contributed by atoms with Gasteiger partial charge in [-0.25, -0.2) is 18.4 Å². The van der Waals surface area contributed by atoms with Crippen LogP contribution in [0.15, 0.2) is 102 Å². The smallest absolute Gasteiger partial charge is 0.243 e. The summed E-state index contributed by atoms with van der Waals surface area (Å²) in [6.45, 7) is 6.00. The van der Waals surface area contributed by atoms with Crippen LogP contribution in [0.1, 0.15) is 22.4 Å². The fourth-order valence-corrected chi connectivity index (χ4v) is 6.76. The molecule has 0 unspecified atom stereocenters. The molecule has 1 saturated heterocycles. The van der Waals surface area contributed by atoms with E-state index in [1.165, 1.54) is 11.1 Å². The van der Waals surface area contributed by atoms with Gasteiger partial charge in [0.05, 0.1) is 4.90 Å². The summed E-state index contributed by atoms with van der Waals surface area (Å²) < 4.78 is 28.8. The Hall–Kier alpha value is -4.07. The molecular formula is C33H32N4O2S. The maximum Gasteiger partial charge on any atom is 0.243 e. The minimum Gasteiger partial charge on any atom is -0.354 e. The van der Waals surface area contributed by atoms with Crippen LogP contribution < -0.4 is 4.90 Å². The first-order valence-corrected chi connectivity index (χ1v) is 15.0. The van der Waals surface area contributed by atoms with Gasteiger partial charge in [-0.1, -0.05) is 90.5 Å². The molecule has 0 atom stereocenters. The Morgan fingerprint density at radius 3 is 2.12 bits per heavy atom. The van der Waals surface area contributed by atoms with Crippen molar-refractivity contribution in [3.63, 3.8) is 0 Å². The minimum absolute atomic E-state index is 0.337. The van der Waals surface area contributed by atoms with Gasteiger partial charge in [0.15, 0.2) is 5.82 Å². The zero-order valence-corrected chi connectivity index (χ0v) is 23.6. The van der Waals surface area contributed by atoms with E-state index < -0.39 is 10.0 Å². The second-order valence-corrected chi connectivity index (χ2v) is 12.3. The first-order chi connectivity index (χ1) is 19.4. The largest absolute Gasteiger partial charge is 0.354 e. The Labute approximate surface area is 236 Å². The van der Waals surface area contributed by atoms with Gasteiger partial charge >= 0.3 is 0 Å². The lowest BCUT2D eigenvalue weighted by Gasteiger charge is -2.36. The zero-order valence-electron chi connectivity index (χ0n) is 22.8.